The van der Waals surface area contributed by atoms with Crippen molar-refractivity contribution in [2.24, 2.45) is 0 Å². The summed E-state index contributed by atoms with van der Waals surface area (Å²) >= 11 is 0. The van der Waals surface area contributed by atoms with E-state index in [1.807, 2.05) is 48.5 Å². The largest absolute Gasteiger partial charge is 0.459 e. The number of sulfonamides is 1. The van der Waals surface area contributed by atoms with E-state index in [4.69, 9.17) is 4.42 Å². The fraction of sp³-hybridized carbons (Fsp3) is 0.280. The summed E-state index contributed by atoms with van der Waals surface area (Å²) in [7, 11) is -3.49. The van der Waals surface area contributed by atoms with Gasteiger partial charge in [0.25, 0.3) is 5.91 Å². The molecule has 0 saturated carbocycles. The van der Waals surface area contributed by atoms with Gasteiger partial charge >= 0.3 is 0 Å². The monoisotopic (exact) mass is 481 g/mol. The Morgan fingerprint density at radius 2 is 1.47 bits per heavy atom. The Morgan fingerprint density at radius 3 is 2.06 bits per heavy atom. The molecular formula is C25H27N3O5S. The first-order valence-electron chi connectivity index (χ1n) is 11.1. The number of nitrogens with zero attached hydrogens (tertiary/aromatic N) is 2. The zero-order chi connectivity index (χ0) is 24.0. The average molecular weight is 482 g/mol. The van der Waals surface area contributed by atoms with Crippen LogP contribution in [0, 0.1) is 0 Å². The molecule has 1 N–H and O–H groups in total. The number of benzene rings is 2. The number of furan rings is 1. The molecule has 0 bridgehead atoms. The molecule has 4 rings (SSSR count). The first-order chi connectivity index (χ1) is 16.4. The molecule has 2 aromatic carbocycles. The molecule has 0 aliphatic carbocycles. The second-order valence-electron chi connectivity index (χ2n) is 8.16. The summed E-state index contributed by atoms with van der Waals surface area (Å²) in [5.74, 6) is -0.660. The lowest BCUT2D eigenvalue weighted by atomic mass is 10.0. The number of hydrogen-bond acceptors (Lipinski definition) is 5. The normalized spacial score (nSPS) is 15.6. The zero-order valence-corrected chi connectivity index (χ0v) is 19.5. The van der Waals surface area contributed by atoms with Crippen molar-refractivity contribution in [3.8, 4) is 0 Å². The summed E-state index contributed by atoms with van der Waals surface area (Å²) in [6, 6.07) is 20.8. The molecule has 1 aliphatic heterocycles. The number of carbonyl (C=O) groups excluding carboxylic acids is 2. The molecule has 2 heterocycles. The Labute approximate surface area is 199 Å². The predicted octanol–water partition coefficient (Wildman–Crippen LogP) is 2.29. The van der Waals surface area contributed by atoms with Crippen LogP contribution in [0.4, 0.5) is 0 Å². The van der Waals surface area contributed by atoms with Gasteiger partial charge in [-0.05, 0) is 23.3 Å². The van der Waals surface area contributed by atoms with Gasteiger partial charge in [-0.15, -0.1) is 0 Å². The van der Waals surface area contributed by atoms with Gasteiger partial charge < -0.3 is 14.6 Å². The molecule has 1 aromatic heterocycles. The molecule has 34 heavy (non-hydrogen) atoms. The van der Waals surface area contributed by atoms with E-state index in [0.29, 0.717) is 6.42 Å². The van der Waals surface area contributed by atoms with Crippen LogP contribution in [0.15, 0.2) is 83.5 Å². The standard InChI is InChI=1S/C25H27N3O5S/c29-24(23-12-7-17-33-23)26-22(18-20-8-3-1-4-9-20)25(30)27-13-15-28(16-14-27)34(31,32)19-21-10-5-2-6-11-21/h1-12,17,22H,13-16,18-19H2,(H,26,29)/t22-/m1/s1. The van der Waals surface area contributed by atoms with E-state index in [1.54, 1.807) is 23.1 Å². The van der Waals surface area contributed by atoms with E-state index in [9.17, 15) is 18.0 Å². The maximum atomic E-state index is 13.4. The molecule has 3 aromatic rings. The minimum absolute atomic E-state index is 0.0718. The number of carbonyl (C=O) groups is 2. The molecule has 1 aliphatic rings. The molecule has 1 fully saturated rings. The van der Waals surface area contributed by atoms with Crippen LogP contribution in [-0.4, -0.2) is 61.7 Å². The summed E-state index contributed by atoms with van der Waals surface area (Å²) in [6.45, 7) is 0.944. The Bertz CT molecular complexity index is 1190. The van der Waals surface area contributed by atoms with Crippen LogP contribution < -0.4 is 5.32 Å². The quantitative estimate of drug-likeness (QED) is 0.532. The fourth-order valence-corrected chi connectivity index (χ4v) is 5.49. The molecule has 0 unspecified atom stereocenters. The first-order valence-corrected chi connectivity index (χ1v) is 12.7. The third-order valence-corrected chi connectivity index (χ3v) is 7.62. The average Bonchev–Trinajstić information content (AvgIpc) is 3.40. The van der Waals surface area contributed by atoms with Crippen LogP contribution in [0.25, 0.3) is 0 Å². The van der Waals surface area contributed by atoms with Crippen molar-refractivity contribution in [3.63, 3.8) is 0 Å². The third kappa shape index (κ3) is 5.92. The molecule has 0 radical (unpaired) electrons. The zero-order valence-electron chi connectivity index (χ0n) is 18.7. The van der Waals surface area contributed by atoms with Crippen molar-refractivity contribution in [3.05, 3.63) is 95.9 Å². The maximum absolute atomic E-state index is 13.4. The van der Waals surface area contributed by atoms with Gasteiger partial charge in [-0.3, -0.25) is 9.59 Å². The number of nitrogens with one attached hydrogen (secondary N) is 1. The van der Waals surface area contributed by atoms with Crippen molar-refractivity contribution in [2.75, 3.05) is 26.2 Å². The highest BCUT2D eigenvalue weighted by Crippen LogP contribution is 2.15. The second-order valence-corrected chi connectivity index (χ2v) is 10.1. The van der Waals surface area contributed by atoms with Crippen LogP contribution in [0.5, 0.6) is 0 Å². The van der Waals surface area contributed by atoms with Gasteiger partial charge in [0, 0.05) is 32.6 Å². The van der Waals surface area contributed by atoms with Crippen LogP contribution in [0.1, 0.15) is 21.7 Å². The predicted molar refractivity (Wildman–Crippen MR) is 127 cm³/mol. The highest BCUT2D eigenvalue weighted by atomic mass is 32.2. The van der Waals surface area contributed by atoms with Crippen molar-refractivity contribution >= 4 is 21.8 Å². The summed E-state index contributed by atoms with van der Waals surface area (Å²) in [5, 5.41) is 2.78. The number of rotatable bonds is 8. The van der Waals surface area contributed by atoms with Gasteiger partial charge in [-0.25, -0.2) is 8.42 Å². The van der Waals surface area contributed by atoms with E-state index in [2.05, 4.69) is 5.32 Å². The van der Waals surface area contributed by atoms with Crippen LogP contribution in [-0.2, 0) is 27.0 Å². The molecule has 0 spiro atoms. The summed E-state index contributed by atoms with van der Waals surface area (Å²) in [5.41, 5.74) is 1.63. The topological polar surface area (TPSA) is 99.9 Å². The molecule has 1 saturated heterocycles. The highest BCUT2D eigenvalue weighted by Gasteiger charge is 2.33. The van der Waals surface area contributed by atoms with Crippen molar-refractivity contribution in [2.45, 2.75) is 18.2 Å². The van der Waals surface area contributed by atoms with Gasteiger partial charge in [0.05, 0.1) is 12.0 Å². The minimum Gasteiger partial charge on any atom is -0.459 e. The van der Waals surface area contributed by atoms with E-state index >= 15 is 0 Å². The highest BCUT2D eigenvalue weighted by molar-refractivity contribution is 7.88. The Kier molecular flexibility index (Phi) is 7.44. The van der Waals surface area contributed by atoms with Crippen LogP contribution in [0.3, 0.4) is 0 Å². The van der Waals surface area contributed by atoms with Crippen molar-refractivity contribution in [1.82, 2.24) is 14.5 Å². The van der Waals surface area contributed by atoms with Gasteiger partial charge in [-0.2, -0.15) is 4.31 Å². The van der Waals surface area contributed by atoms with Crippen LogP contribution >= 0.6 is 0 Å². The number of hydrogen-bond donors (Lipinski definition) is 1. The third-order valence-electron chi connectivity index (χ3n) is 5.77. The molecule has 2 amide bonds. The van der Waals surface area contributed by atoms with Gasteiger partial charge in [0.15, 0.2) is 5.76 Å². The lowest BCUT2D eigenvalue weighted by molar-refractivity contribution is -0.134. The summed E-state index contributed by atoms with van der Waals surface area (Å²) in [6.07, 6.45) is 1.72. The Morgan fingerprint density at radius 1 is 0.853 bits per heavy atom. The van der Waals surface area contributed by atoms with Gasteiger partial charge in [-0.1, -0.05) is 60.7 Å². The number of piperazine rings is 1. The molecular weight excluding hydrogens is 454 g/mol. The second kappa shape index (κ2) is 10.7. The Hall–Kier alpha value is -3.43. The van der Waals surface area contributed by atoms with Crippen molar-refractivity contribution in [1.29, 1.82) is 0 Å². The SMILES string of the molecule is O=C(N[C@H](Cc1ccccc1)C(=O)N1CCN(S(=O)(=O)Cc2ccccc2)CC1)c1ccco1. The smallest absolute Gasteiger partial charge is 0.287 e. The van der Waals surface area contributed by atoms with Gasteiger partial charge in [0.1, 0.15) is 6.04 Å². The first kappa shape index (κ1) is 23.7. The number of amides is 2. The molecule has 178 valence electrons. The molecule has 8 nitrogen and oxygen atoms in total. The van der Waals surface area contributed by atoms with Crippen LogP contribution in [0.2, 0.25) is 0 Å². The van der Waals surface area contributed by atoms with E-state index < -0.39 is 22.0 Å². The van der Waals surface area contributed by atoms with E-state index in [1.165, 1.54) is 16.6 Å². The lowest BCUT2D eigenvalue weighted by Crippen LogP contribution is -2.56. The molecule has 9 heteroatoms. The lowest BCUT2D eigenvalue weighted by Gasteiger charge is -2.36. The van der Waals surface area contributed by atoms with E-state index in [0.717, 1.165) is 11.1 Å². The Balaban J connectivity index is 1.42. The summed E-state index contributed by atoms with van der Waals surface area (Å²) in [4.78, 5) is 27.6. The minimum atomic E-state index is -3.49. The molecule has 1 atom stereocenters. The summed E-state index contributed by atoms with van der Waals surface area (Å²) < 4.78 is 32.3. The maximum Gasteiger partial charge on any atom is 0.287 e. The van der Waals surface area contributed by atoms with Gasteiger partial charge in [0.2, 0.25) is 15.9 Å². The fourth-order valence-electron chi connectivity index (χ4n) is 3.97. The van der Waals surface area contributed by atoms with E-state index in [-0.39, 0.29) is 43.6 Å². The van der Waals surface area contributed by atoms with Crippen molar-refractivity contribution < 1.29 is 22.4 Å².